The minimum Gasteiger partial charge on any atom is -0.366 e. The van der Waals surface area contributed by atoms with Crippen LogP contribution in [0.1, 0.15) is 62.1 Å². The van der Waals surface area contributed by atoms with Crippen molar-refractivity contribution < 1.29 is 4.39 Å². The maximum atomic E-state index is 13.3. The van der Waals surface area contributed by atoms with Gasteiger partial charge in [-0.1, -0.05) is 31.4 Å². The van der Waals surface area contributed by atoms with Crippen molar-refractivity contribution in [2.45, 2.75) is 63.5 Å². The summed E-state index contributed by atoms with van der Waals surface area (Å²) in [5.41, 5.74) is 2.03. The lowest BCUT2D eigenvalue weighted by molar-refractivity contribution is 0.460. The highest BCUT2D eigenvalue weighted by atomic mass is 19.1. The molecule has 2 fully saturated rings. The van der Waals surface area contributed by atoms with Gasteiger partial charge in [0.1, 0.15) is 11.6 Å². The molecule has 0 radical (unpaired) electrons. The number of anilines is 2. The first-order chi connectivity index (χ1) is 12.3. The van der Waals surface area contributed by atoms with Crippen molar-refractivity contribution in [2.24, 2.45) is 0 Å². The fourth-order valence-electron chi connectivity index (χ4n) is 3.48. The smallest absolute Gasteiger partial charge is 0.225 e. The van der Waals surface area contributed by atoms with Crippen LogP contribution in [0.25, 0.3) is 0 Å². The number of hydrogen-bond donors (Lipinski definition) is 2. The lowest BCUT2D eigenvalue weighted by Crippen LogP contribution is -2.24. The minimum atomic E-state index is -0.208. The molecule has 1 heterocycles. The molecule has 2 saturated carbocycles. The van der Waals surface area contributed by atoms with Gasteiger partial charge in [0.2, 0.25) is 5.95 Å². The molecule has 0 bridgehead atoms. The summed E-state index contributed by atoms with van der Waals surface area (Å²) in [5.74, 6) is 1.92. The van der Waals surface area contributed by atoms with Crippen LogP contribution < -0.4 is 10.6 Å². The largest absolute Gasteiger partial charge is 0.366 e. The summed E-state index contributed by atoms with van der Waals surface area (Å²) in [7, 11) is 0. The van der Waals surface area contributed by atoms with Crippen molar-refractivity contribution in [3.63, 3.8) is 0 Å². The van der Waals surface area contributed by atoms with Gasteiger partial charge in [-0.25, -0.2) is 9.37 Å². The van der Waals surface area contributed by atoms with Gasteiger partial charge < -0.3 is 10.6 Å². The molecule has 2 N–H and O–H groups in total. The molecule has 25 heavy (non-hydrogen) atoms. The van der Waals surface area contributed by atoms with E-state index >= 15 is 0 Å². The van der Waals surface area contributed by atoms with Crippen molar-refractivity contribution >= 4 is 11.8 Å². The summed E-state index contributed by atoms with van der Waals surface area (Å²) >= 11 is 0. The van der Waals surface area contributed by atoms with Gasteiger partial charge in [0.25, 0.3) is 0 Å². The highest BCUT2D eigenvalue weighted by Gasteiger charge is 2.26. The Hall–Kier alpha value is -2.17. The van der Waals surface area contributed by atoms with E-state index < -0.39 is 0 Å². The van der Waals surface area contributed by atoms with Crippen LogP contribution in [-0.4, -0.2) is 16.0 Å². The molecule has 4 nitrogen and oxygen atoms in total. The quantitative estimate of drug-likeness (QED) is 0.789. The minimum absolute atomic E-state index is 0.208. The summed E-state index contributed by atoms with van der Waals surface area (Å²) in [6, 6.07) is 9.20. The molecule has 4 rings (SSSR count). The molecule has 132 valence electrons. The zero-order valence-corrected chi connectivity index (χ0v) is 14.5. The average Bonchev–Trinajstić information content (AvgIpc) is 3.46. The molecule has 5 heteroatoms. The monoisotopic (exact) mass is 340 g/mol. The second-order valence-corrected chi connectivity index (χ2v) is 7.24. The molecule has 0 saturated heterocycles. The molecular weight excluding hydrogens is 315 g/mol. The molecule has 0 amide bonds. The van der Waals surface area contributed by atoms with Crippen LogP contribution in [-0.2, 0) is 6.54 Å². The van der Waals surface area contributed by atoms with Crippen LogP contribution in [0.5, 0.6) is 0 Å². The number of nitrogens with one attached hydrogen (secondary N) is 2. The van der Waals surface area contributed by atoms with Crippen LogP contribution >= 0.6 is 0 Å². The lowest BCUT2D eigenvalue weighted by Gasteiger charge is -2.23. The Morgan fingerprint density at radius 1 is 1.00 bits per heavy atom. The zero-order valence-electron chi connectivity index (χ0n) is 14.5. The summed E-state index contributed by atoms with van der Waals surface area (Å²) in [5, 5.41) is 6.86. The van der Waals surface area contributed by atoms with Crippen LogP contribution in [0.2, 0.25) is 0 Å². The Morgan fingerprint density at radius 3 is 2.60 bits per heavy atom. The molecule has 0 spiro atoms. The molecule has 0 atom stereocenters. The van der Waals surface area contributed by atoms with E-state index in [0.29, 0.717) is 18.5 Å². The van der Waals surface area contributed by atoms with Crippen molar-refractivity contribution in [3.8, 4) is 0 Å². The van der Waals surface area contributed by atoms with Crippen LogP contribution in [0.4, 0.5) is 16.2 Å². The van der Waals surface area contributed by atoms with Gasteiger partial charge in [-0.15, -0.1) is 0 Å². The van der Waals surface area contributed by atoms with E-state index in [1.54, 1.807) is 12.1 Å². The Balaban J connectivity index is 1.48. The number of nitrogens with zero attached hydrogens (tertiary/aromatic N) is 2. The van der Waals surface area contributed by atoms with Gasteiger partial charge in [-0.3, -0.25) is 0 Å². The Labute approximate surface area is 148 Å². The normalized spacial score (nSPS) is 18.1. The standard InChI is InChI=1S/C20H25FN4/c21-16-6-4-5-14(11-16)13-22-19-12-18(15-9-10-15)24-20(25-19)23-17-7-2-1-3-8-17/h4-6,11-12,15,17H,1-3,7-10,13H2,(H2,22,23,24,25). The van der Waals surface area contributed by atoms with Gasteiger partial charge in [-0.2, -0.15) is 4.98 Å². The van der Waals surface area contributed by atoms with E-state index in [1.165, 1.54) is 51.0 Å². The van der Waals surface area contributed by atoms with Gasteiger partial charge in [0.15, 0.2) is 0 Å². The van der Waals surface area contributed by atoms with Gasteiger partial charge >= 0.3 is 0 Å². The summed E-state index contributed by atoms with van der Waals surface area (Å²) in [4.78, 5) is 9.38. The van der Waals surface area contributed by atoms with E-state index in [2.05, 4.69) is 15.6 Å². The van der Waals surface area contributed by atoms with Crippen LogP contribution in [0.15, 0.2) is 30.3 Å². The first-order valence-electron chi connectivity index (χ1n) is 9.40. The highest BCUT2D eigenvalue weighted by molar-refractivity contribution is 5.45. The molecule has 1 aromatic carbocycles. The molecule has 2 aliphatic rings. The third-order valence-electron chi connectivity index (χ3n) is 5.04. The van der Waals surface area contributed by atoms with E-state index in [4.69, 9.17) is 4.98 Å². The number of halogens is 1. The van der Waals surface area contributed by atoms with E-state index in [9.17, 15) is 4.39 Å². The Bertz CT molecular complexity index is 723. The molecule has 0 unspecified atom stereocenters. The van der Waals surface area contributed by atoms with Crippen LogP contribution in [0, 0.1) is 5.82 Å². The third-order valence-corrected chi connectivity index (χ3v) is 5.04. The van der Waals surface area contributed by atoms with Crippen molar-refractivity contribution in [3.05, 3.63) is 47.4 Å². The van der Waals surface area contributed by atoms with Gasteiger partial charge in [0.05, 0.1) is 5.69 Å². The maximum absolute atomic E-state index is 13.3. The first kappa shape index (κ1) is 16.3. The number of aromatic nitrogens is 2. The molecule has 2 aromatic rings. The Morgan fingerprint density at radius 2 is 1.84 bits per heavy atom. The van der Waals surface area contributed by atoms with Crippen molar-refractivity contribution in [1.82, 2.24) is 9.97 Å². The fraction of sp³-hybridized carbons (Fsp3) is 0.500. The van der Waals surface area contributed by atoms with Crippen LogP contribution in [0.3, 0.4) is 0 Å². The van der Waals surface area contributed by atoms with Crippen molar-refractivity contribution in [2.75, 3.05) is 10.6 Å². The molecule has 1 aromatic heterocycles. The predicted molar refractivity (Wildman–Crippen MR) is 98.2 cm³/mol. The summed E-state index contributed by atoms with van der Waals surface area (Å²) < 4.78 is 13.3. The number of hydrogen-bond acceptors (Lipinski definition) is 4. The second kappa shape index (κ2) is 7.38. The topological polar surface area (TPSA) is 49.8 Å². The van der Waals surface area contributed by atoms with E-state index in [-0.39, 0.29) is 5.82 Å². The Kier molecular flexibility index (Phi) is 4.81. The van der Waals surface area contributed by atoms with Gasteiger partial charge in [0, 0.05) is 24.6 Å². The van der Waals surface area contributed by atoms with E-state index in [0.717, 1.165) is 23.0 Å². The maximum Gasteiger partial charge on any atom is 0.225 e. The summed E-state index contributed by atoms with van der Waals surface area (Å²) in [6.45, 7) is 0.557. The lowest BCUT2D eigenvalue weighted by atomic mass is 9.96. The molecular formula is C20H25FN4. The number of benzene rings is 1. The van der Waals surface area contributed by atoms with E-state index in [1.807, 2.05) is 12.1 Å². The highest BCUT2D eigenvalue weighted by Crippen LogP contribution is 2.40. The van der Waals surface area contributed by atoms with Crippen molar-refractivity contribution in [1.29, 1.82) is 0 Å². The zero-order chi connectivity index (χ0) is 17.1. The molecule has 2 aliphatic carbocycles. The second-order valence-electron chi connectivity index (χ2n) is 7.24. The molecule has 0 aliphatic heterocycles. The third kappa shape index (κ3) is 4.47. The number of rotatable bonds is 6. The fourth-order valence-corrected chi connectivity index (χ4v) is 3.48. The summed E-state index contributed by atoms with van der Waals surface area (Å²) in [6.07, 6.45) is 8.72. The average molecular weight is 340 g/mol. The first-order valence-corrected chi connectivity index (χ1v) is 9.40. The predicted octanol–water partition coefficient (Wildman–Crippen LogP) is 4.85. The van der Waals surface area contributed by atoms with Gasteiger partial charge in [-0.05, 0) is 43.4 Å². The SMILES string of the molecule is Fc1cccc(CNc2cc(C3CC3)nc(NC3CCCCC3)n2)c1.